The Morgan fingerprint density at radius 3 is 2.85 bits per heavy atom. The van der Waals surface area contributed by atoms with Crippen LogP contribution in [-0.4, -0.2) is 20.9 Å². The Bertz CT molecular complexity index is 641. The third-order valence-corrected chi connectivity index (χ3v) is 3.61. The first-order chi connectivity index (χ1) is 9.52. The van der Waals surface area contributed by atoms with Gasteiger partial charge in [-0.2, -0.15) is 0 Å². The van der Waals surface area contributed by atoms with E-state index in [9.17, 15) is 4.79 Å². The molecule has 8 heteroatoms. The number of benzene rings is 1. The van der Waals surface area contributed by atoms with Crippen LogP contribution in [0, 0.1) is 6.92 Å². The maximum Gasteiger partial charge on any atom is 0.246 e. The molecule has 0 radical (unpaired) electrons. The van der Waals surface area contributed by atoms with Gasteiger partial charge in [-0.15, -0.1) is 5.10 Å². The highest BCUT2D eigenvalue weighted by molar-refractivity contribution is 6.43. The predicted molar refractivity (Wildman–Crippen MR) is 77.7 cm³/mol. The molecular weight excluding hydrogens is 301 g/mol. The monoisotopic (exact) mass is 313 g/mol. The van der Waals surface area contributed by atoms with E-state index in [0.29, 0.717) is 21.4 Å². The van der Waals surface area contributed by atoms with Crippen molar-refractivity contribution in [2.45, 2.75) is 20.0 Å². The summed E-state index contributed by atoms with van der Waals surface area (Å²) in [6.45, 7) is 2.12. The number of aromatic nitrogens is 3. The fourth-order valence-corrected chi connectivity index (χ4v) is 2.01. The first kappa shape index (κ1) is 14.8. The van der Waals surface area contributed by atoms with E-state index in [1.165, 1.54) is 4.68 Å². The van der Waals surface area contributed by atoms with Crippen LogP contribution < -0.4 is 11.1 Å². The van der Waals surface area contributed by atoms with Crippen LogP contribution in [0.3, 0.4) is 0 Å². The summed E-state index contributed by atoms with van der Waals surface area (Å²) in [5, 5.41) is 11.1. The Morgan fingerprint density at radius 2 is 2.20 bits per heavy atom. The third kappa shape index (κ3) is 3.09. The number of nitrogens with one attached hydrogen (secondary N) is 1. The number of hydrogen-bond acceptors (Lipinski definition) is 4. The van der Waals surface area contributed by atoms with Gasteiger partial charge in [0.15, 0.2) is 0 Å². The van der Waals surface area contributed by atoms with Crippen LogP contribution in [0.4, 0.5) is 5.69 Å². The summed E-state index contributed by atoms with van der Waals surface area (Å²) in [6.07, 6.45) is 0. The van der Waals surface area contributed by atoms with Crippen LogP contribution in [-0.2, 0) is 17.9 Å². The lowest BCUT2D eigenvalue weighted by atomic mass is 10.3. The minimum Gasteiger partial charge on any atom is -0.325 e. The van der Waals surface area contributed by atoms with Crippen LogP contribution in [0.25, 0.3) is 0 Å². The van der Waals surface area contributed by atoms with Crippen molar-refractivity contribution in [3.8, 4) is 0 Å². The van der Waals surface area contributed by atoms with Crippen LogP contribution >= 0.6 is 23.2 Å². The molecule has 3 N–H and O–H groups in total. The van der Waals surface area contributed by atoms with E-state index < -0.39 is 0 Å². The highest BCUT2D eigenvalue weighted by Crippen LogP contribution is 2.29. The van der Waals surface area contributed by atoms with E-state index in [1.807, 2.05) is 6.92 Å². The van der Waals surface area contributed by atoms with Crippen LogP contribution in [0.5, 0.6) is 0 Å². The number of carbonyl (C=O) groups is 1. The number of nitrogens with two attached hydrogens (primary N) is 1. The number of halogens is 2. The Morgan fingerprint density at radius 1 is 1.45 bits per heavy atom. The van der Waals surface area contributed by atoms with E-state index in [4.69, 9.17) is 28.9 Å². The summed E-state index contributed by atoms with van der Waals surface area (Å²) >= 11 is 11.9. The molecule has 2 rings (SSSR count). The molecule has 0 spiro atoms. The second kappa shape index (κ2) is 6.21. The zero-order valence-corrected chi connectivity index (χ0v) is 12.2. The molecule has 0 saturated heterocycles. The Labute approximate surface area is 125 Å². The molecule has 0 aliphatic heterocycles. The molecule has 1 heterocycles. The van der Waals surface area contributed by atoms with E-state index in [1.54, 1.807) is 18.2 Å². The molecule has 0 bridgehead atoms. The number of anilines is 1. The molecule has 0 saturated carbocycles. The molecule has 0 aliphatic rings. The fraction of sp³-hybridized carbons (Fsp3) is 0.250. The molecule has 6 nitrogen and oxygen atoms in total. The summed E-state index contributed by atoms with van der Waals surface area (Å²) in [5.41, 5.74) is 7.39. The smallest absolute Gasteiger partial charge is 0.246 e. The number of rotatable bonds is 4. The summed E-state index contributed by atoms with van der Waals surface area (Å²) in [7, 11) is 0. The van der Waals surface area contributed by atoms with E-state index in [2.05, 4.69) is 15.6 Å². The third-order valence-electron chi connectivity index (χ3n) is 2.79. The number of amides is 1. The van der Waals surface area contributed by atoms with Gasteiger partial charge in [-0.1, -0.05) is 34.5 Å². The molecule has 1 aromatic carbocycles. The standard InChI is InChI=1S/C12H13Cl2N5O/c1-7-10(5-15)17-18-19(7)6-11(20)16-9-4-2-3-8(13)12(9)14/h2-4H,5-6,15H2,1H3,(H,16,20). The second-order valence-corrected chi connectivity index (χ2v) is 4.92. The van der Waals surface area contributed by atoms with Crippen LogP contribution in [0.15, 0.2) is 18.2 Å². The fourth-order valence-electron chi connectivity index (χ4n) is 1.66. The first-order valence-corrected chi connectivity index (χ1v) is 6.61. The zero-order chi connectivity index (χ0) is 14.7. The summed E-state index contributed by atoms with van der Waals surface area (Å²) in [6, 6.07) is 5.03. The lowest BCUT2D eigenvalue weighted by Crippen LogP contribution is -2.20. The van der Waals surface area contributed by atoms with Gasteiger partial charge in [-0.05, 0) is 19.1 Å². The maximum absolute atomic E-state index is 12.0. The molecule has 0 atom stereocenters. The topological polar surface area (TPSA) is 85.8 Å². The van der Waals surface area contributed by atoms with Gasteiger partial charge in [-0.3, -0.25) is 4.79 Å². The zero-order valence-electron chi connectivity index (χ0n) is 10.7. The minimum atomic E-state index is -0.272. The summed E-state index contributed by atoms with van der Waals surface area (Å²) < 4.78 is 1.48. The van der Waals surface area contributed by atoms with Gasteiger partial charge in [0.05, 0.1) is 27.1 Å². The Kier molecular flexibility index (Phi) is 4.59. The molecule has 0 unspecified atom stereocenters. The second-order valence-electron chi connectivity index (χ2n) is 4.13. The van der Waals surface area contributed by atoms with Crippen LogP contribution in [0.1, 0.15) is 11.4 Å². The van der Waals surface area contributed by atoms with Gasteiger partial charge in [0.1, 0.15) is 6.54 Å². The summed E-state index contributed by atoms with van der Waals surface area (Å²) in [5.74, 6) is -0.272. The average Bonchev–Trinajstić information content (AvgIpc) is 2.76. The summed E-state index contributed by atoms with van der Waals surface area (Å²) in [4.78, 5) is 12.0. The molecule has 1 amide bonds. The van der Waals surface area contributed by atoms with Crippen molar-refractivity contribution in [2.75, 3.05) is 5.32 Å². The molecular formula is C12H13Cl2N5O. The number of nitrogens with zero attached hydrogens (tertiary/aromatic N) is 3. The molecule has 1 aromatic heterocycles. The van der Waals surface area contributed by atoms with Crippen molar-refractivity contribution in [3.05, 3.63) is 39.6 Å². The van der Waals surface area contributed by atoms with Gasteiger partial charge < -0.3 is 11.1 Å². The predicted octanol–water partition coefficient (Wildman–Crippen LogP) is 1.99. The normalized spacial score (nSPS) is 10.6. The molecule has 106 valence electrons. The lowest BCUT2D eigenvalue weighted by molar-refractivity contribution is -0.117. The minimum absolute atomic E-state index is 0.0294. The van der Waals surface area contributed by atoms with E-state index in [0.717, 1.165) is 5.69 Å². The van der Waals surface area contributed by atoms with Crippen molar-refractivity contribution in [2.24, 2.45) is 5.73 Å². The highest BCUT2D eigenvalue weighted by Gasteiger charge is 2.12. The van der Waals surface area contributed by atoms with Crippen molar-refractivity contribution < 1.29 is 4.79 Å². The van der Waals surface area contributed by atoms with Crippen molar-refractivity contribution in [3.63, 3.8) is 0 Å². The lowest BCUT2D eigenvalue weighted by Gasteiger charge is -2.08. The Balaban J connectivity index is 2.09. The highest BCUT2D eigenvalue weighted by atomic mass is 35.5. The number of carbonyl (C=O) groups excluding carboxylic acids is 1. The molecule has 20 heavy (non-hydrogen) atoms. The average molecular weight is 314 g/mol. The quantitative estimate of drug-likeness (QED) is 0.903. The molecule has 0 aliphatic carbocycles. The Hall–Kier alpha value is -1.63. The van der Waals surface area contributed by atoms with Gasteiger partial charge in [-0.25, -0.2) is 4.68 Å². The van der Waals surface area contributed by atoms with E-state index >= 15 is 0 Å². The van der Waals surface area contributed by atoms with Gasteiger partial charge in [0.25, 0.3) is 0 Å². The molecule has 2 aromatic rings. The van der Waals surface area contributed by atoms with Crippen molar-refractivity contribution in [1.82, 2.24) is 15.0 Å². The largest absolute Gasteiger partial charge is 0.325 e. The van der Waals surface area contributed by atoms with Gasteiger partial charge >= 0.3 is 0 Å². The molecule has 0 fully saturated rings. The number of hydrogen-bond donors (Lipinski definition) is 2. The first-order valence-electron chi connectivity index (χ1n) is 5.85. The van der Waals surface area contributed by atoms with Gasteiger partial charge in [0, 0.05) is 6.54 Å². The maximum atomic E-state index is 12.0. The van der Waals surface area contributed by atoms with Crippen molar-refractivity contribution in [1.29, 1.82) is 0 Å². The van der Waals surface area contributed by atoms with E-state index in [-0.39, 0.29) is 19.0 Å². The van der Waals surface area contributed by atoms with Gasteiger partial charge in [0.2, 0.25) is 5.91 Å². The van der Waals surface area contributed by atoms with Crippen molar-refractivity contribution >= 4 is 34.8 Å². The van der Waals surface area contributed by atoms with Crippen LogP contribution in [0.2, 0.25) is 10.0 Å². The SMILES string of the molecule is Cc1c(CN)nnn1CC(=O)Nc1cccc(Cl)c1Cl.